The Balaban J connectivity index is 1.51. The van der Waals surface area contributed by atoms with Crippen molar-refractivity contribution >= 4 is 28.1 Å². The third-order valence-electron chi connectivity index (χ3n) is 5.58. The molecule has 0 radical (unpaired) electrons. The van der Waals surface area contributed by atoms with Crippen LogP contribution in [-0.2, 0) is 6.54 Å². The average molecular weight is 448 g/mol. The molecule has 2 heterocycles. The van der Waals surface area contributed by atoms with E-state index in [2.05, 4.69) is 65.0 Å². The Labute approximate surface area is 198 Å². The number of pyridine rings is 1. The molecule has 0 aliphatic rings. The van der Waals surface area contributed by atoms with Crippen molar-refractivity contribution in [2.75, 3.05) is 17.7 Å². The lowest BCUT2D eigenvalue weighted by molar-refractivity contribution is 0.414. The maximum atomic E-state index is 5.33. The molecule has 6 heteroatoms. The Hall–Kier alpha value is -4.45. The first-order valence-corrected chi connectivity index (χ1v) is 11.1. The van der Waals surface area contributed by atoms with Gasteiger partial charge in [0.2, 0.25) is 0 Å². The van der Waals surface area contributed by atoms with Gasteiger partial charge in [0.25, 0.3) is 0 Å². The van der Waals surface area contributed by atoms with Gasteiger partial charge in [-0.1, -0.05) is 42.0 Å². The zero-order valence-corrected chi connectivity index (χ0v) is 19.1. The number of benzene rings is 3. The molecular weight excluding hydrogens is 422 g/mol. The van der Waals surface area contributed by atoms with E-state index in [0.717, 1.165) is 45.0 Å². The number of hydrogen-bond acceptors (Lipinski definition) is 6. The number of hydrogen-bond donors (Lipinski definition) is 2. The molecule has 0 amide bonds. The maximum Gasteiger partial charge on any atom is 0.162 e. The van der Waals surface area contributed by atoms with Gasteiger partial charge in [0.15, 0.2) is 5.82 Å². The van der Waals surface area contributed by atoms with E-state index in [1.54, 1.807) is 19.5 Å². The third kappa shape index (κ3) is 4.81. The highest BCUT2D eigenvalue weighted by molar-refractivity contribution is 5.94. The first-order chi connectivity index (χ1) is 16.7. The summed E-state index contributed by atoms with van der Waals surface area (Å²) in [6, 6.07) is 26.3. The van der Waals surface area contributed by atoms with Crippen LogP contribution in [-0.4, -0.2) is 22.1 Å². The van der Waals surface area contributed by atoms with Crippen LogP contribution in [0.15, 0.2) is 91.3 Å². The highest BCUT2D eigenvalue weighted by Crippen LogP contribution is 2.29. The molecule has 0 saturated heterocycles. The fourth-order valence-electron chi connectivity index (χ4n) is 3.73. The van der Waals surface area contributed by atoms with E-state index in [0.29, 0.717) is 12.4 Å². The molecular formula is C28H25N5O. The van der Waals surface area contributed by atoms with Crippen molar-refractivity contribution in [1.29, 1.82) is 0 Å². The van der Waals surface area contributed by atoms with Gasteiger partial charge in [-0.15, -0.1) is 0 Å². The average Bonchev–Trinajstić information content (AvgIpc) is 2.88. The Morgan fingerprint density at radius 3 is 2.44 bits per heavy atom. The molecule has 0 unspecified atom stereocenters. The van der Waals surface area contributed by atoms with E-state index in [4.69, 9.17) is 14.7 Å². The van der Waals surface area contributed by atoms with Crippen molar-refractivity contribution in [3.05, 3.63) is 102 Å². The van der Waals surface area contributed by atoms with Gasteiger partial charge in [-0.2, -0.15) is 0 Å². The second kappa shape index (κ2) is 9.58. The van der Waals surface area contributed by atoms with Crippen molar-refractivity contribution in [3.8, 4) is 17.1 Å². The molecule has 0 bridgehead atoms. The van der Waals surface area contributed by atoms with Crippen molar-refractivity contribution < 1.29 is 4.74 Å². The van der Waals surface area contributed by atoms with Gasteiger partial charge in [0, 0.05) is 41.3 Å². The molecule has 168 valence electrons. The fraction of sp³-hybridized carbons (Fsp3) is 0.107. The van der Waals surface area contributed by atoms with Gasteiger partial charge >= 0.3 is 0 Å². The second-order valence-electron chi connectivity index (χ2n) is 8.06. The van der Waals surface area contributed by atoms with Gasteiger partial charge in [-0.25, -0.2) is 9.97 Å². The fourth-order valence-corrected chi connectivity index (χ4v) is 3.73. The summed E-state index contributed by atoms with van der Waals surface area (Å²) in [5, 5.41) is 7.87. The summed E-state index contributed by atoms with van der Waals surface area (Å²) in [6.45, 7) is 2.75. The molecule has 6 nitrogen and oxygen atoms in total. The van der Waals surface area contributed by atoms with Crippen LogP contribution >= 0.6 is 0 Å². The summed E-state index contributed by atoms with van der Waals surface area (Å²) in [5.41, 5.74) is 6.08. The lowest BCUT2D eigenvalue weighted by atomic mass is 10.1. The number of ether oxygens (including phenoxy) is 1. The number of rotatable bonds is 7. The minimum absolute atomic E-state index is 0.675. The van der Waals surface area contributed by atoms with Gasteiger partial charge in [0.05, 0.1) is 12.6 Å². The van der Waals surface area contributed by atoms with Crippen molar-refractivity contribution in [2.24, 2.45) is 0 Å². The minimum Gasteiger partial charge on any atom is -0.497 e. The van der Waals surface area contributed by atoms with E-state index < -0.39 is 0 Å². The first-order valence-electron chi connectivity index (χ1n) is 11.1. The zero-order chi connectivity index (χ0) is 23.3. The monoisotopic (exact) mass is 447 g/mol. The molecule has 0 aliphatic carbocycles. The van der Waals surface area contributed by atoms with Crippen LogP contribution in [0.5, 0.6) is 5.75 Å². The number of methoxy groups -OCH3 is 1. The molecule has 3 aromatic carbocycles. The number of nitrogens with zero attached hydrogens (tertiary/aromatic N) is 3. The summed E-state index contributed by atoms with van der Waals surface area (Å²) < 4.78 is 5.33. The van der Waals surface area contributed by atoms with Gasteiger partial charge in [-0.05, 0) is 55.0 Å². The summed E-state index contributed by atoms with van der Waals surface area (Å²) in [4.78, 5) is 13.9. The van der Waals surface area contributed by atoms with Crippen LogP contribution in [0.25, 0.3) is 22.3 Å². The van der Waals surface area contributed by atoms with Crippen LogP contribution in [0.1, 0.15) is 11.1 Å². The number of anilines is 3. The van der Waals surface area contributed by atoms with Gasteiger partial charge in [-0.3, -0.25) is 4.98 Å². The van der Waals surface area contributed by atoms with E-state index in [9.17, 15) is 0 Å². The van der Waals surface area contributed by atoms with Crippen molar-refractivity contribution in [2.45, 2.75) is 13.5 Å². The van der Waals surface area contributed by atoms with Crippen LogP contribution in [0.4, 0.5) is 17.2 Å². The molecule has 0 aliphatic heterocycles. The molecule has 5 aromatic rings. The van der Waals surface area contributed by atoms with E-state index in [1.165, 1.54) is 5.56 Å². The normalized spacial score (nSPS) is 10.8. The third-order valence-corrected chi connectivity index (χ3v) is 5.58. The van der Waals surface area contributed by atoms with Gasteiger partial charge < -0.3 is 15.4 Å². The molecule has 5 rings (SSSR count). The molecule has 2 aromatic heterocycles. The van der Waals surface area contributed by atoms with Crippen molar-refractivity contribution in [3.63, 3.8) is 0 Å². The smallest absolute Gasteiger partial charge is 0.162 e. The summed E-state index contributed by atoms with van der Waals surface area (Å²) in [6.07, 6.45) is 3.51. The Kier molecular flexibility index (Phi) is 6.03. The highest BCUT2D eigenvalue weighted by Gasteiger charge is 2.11. The quantitative estimate of drug-likeness (QED) is 0.302. The van der Waals surface area contributed by atoms with Crippen LogP contribution in [0.2, 0.25) is 0 Å². The standard InChI is InChI=1S/C28H25N5O/c1-19-6-8-21(9-7-19)27-32-26-17-23(30-18-20-4-3-5-24(16-20)34-2)10-11-25(26)28(33-27)31-22-12-14-29-15-13-22/h3-17,30H,18H2,1-2H3,(H,29,31,32,33). The lowest BCUT2D eigenvalue weighted by Crippen LogP contribution is -2.02. The Morgan fingerprint density at radius 2 is 1.65 bits per heavy atom. The van der Waals surface area contributed by atoms with Crippen molar-refractivity contribution in [1.82, 2.24) is 15.0 Å². The Morgan fingerprint density at radius 1 is 0.824 bits per heavy atom. The summed E-state index contributed by atoms with van der Waals surface area (Å²) in [5.74, 6) is 2.28. The highest BCUT2D eigenvalue weighted by atomic mass is 16.5. The number of aromatic nitrogens is 3. The van der Waals surface area contributed by atoms with E-state index >= 15 is 0 Å². The molecule has 0 spiro atoms. The lowest BCUT2D eigenvalue weighted by Gasteiger charge is -2.13. The van der Waals surface area contributed by atoms with E-state index in [-0.39, 0.29) is 0 Å². The topological polar surface area (TPSA) is 72.0 Å². The predicted molar refractivity (Wildman–Crippen MR) is 138 cm³/mol. The first kappa shape index (κ1) is 21.4. The zero-order valence-electron chi connectivity index (χ0n) is 19.1. The summed E-state index contributed by atoms with van der Waals surface area (Å²) in [7, 11) is 1.68. The molecule has 0 atom stereocenters. The molecule has 0 saturated carbocycles. The molecule has 34 heavy (non-hydrogen) atoms. The van der Waals surface area contributed by atoms with Gasteiger partial charge in [0.1, 0.15) is 11.6 Å². The largest absolute Gasteiger partial charge is 0.497 e. The van der Waals surface area contributed by atoms with E-state index in [1.807, 2.05) is 36.4 Å². The second-order valence-corrected chi connectivity index (χ2v) is 8.06. The SMILES string of the molecule is COc1cccc(CNc2ccc3c(Nc4ccncc4)nc(-c4ccc(C)cc4)nc3c2)c1. The van der Waals surface area contributed by atoms with Crippen LogP contribution in [0, 0.1) is 6.92 Å². The molecule has 2 N–H and O–H groups in total. The number of fused-ring (bicyclic) bond motifs is 1. The number of aryl methyl sites for hydroxylation is 1. The predicted octanol–water partition coefficient (Wildman–Crippen LogP) is 6.36. The Bertz CT molecular complexity index is 1420. The minimum atomic E-state index is 0.675. The summed E-state index contributed by atoms with van der Waals surface area (Å²) >= 11 is 0. The number of nitrogens with one attached hydrogen (secondary N) is 2. The maximum absolute atomic E-state index is 5.33. The van der Waals surface area contributed by atoms with Crippen LogP contribution in [0.3, 0.4) is 0 Å². The van der Waals surface area contributed by atoms with Crippen LogP contribution < -0.4 is 15.4 Å². The molecule has 0 fully saturated rings.